The van der Waals surface area contributed by atoms with Crippen LogP contribution in [0.3, 0.4) is 0 Å². The average Bonchev–Trinajstić information content (AvgIpc) is 1.41. The van der Waals surface area contributed by atoms with Gasteiger partial charge < -0.3 is 11.5 Å². The zero-order valence-corrected chi connectivity index (χ0v) is 3.64. The van der Waals surface area contributed by atoms with Gasteiger partial charge in [-0.1, -0.05) is 0 Å². The lowest BCUT2D eigenvalue weighted by Gasteiger charge is -1.62. The molecule has 0 aliphatic carbocycles. The molecule has 0 saturated heterocycles. The van der Waals surface area contributed by atoms with Gasteiger partial charge in [0.25, 0.3) is 0 Å². The van der Waals surface area contributed by atoms with Crippen molar-refractivity contribution in [3.63, 3.8) is 0 Å². The van der Waals surface area contributed by atoms with Crippen molar-refractivity contribution in [2.75, 3.05) is 0 Å². The van der Waals surface area contributed by atoms with Crippen LogP contribution in [0.2, 0.25) is 0 Å². The summed E-state index contributed by atoms with van der Waals surface area (Å²) >= 11 is 3.64. The zero-order chi connectivity index (χ0) is 5.58. The Morgan fingerprint density at radius 1 is 1.50 bits per heavy atom. The highest BCUT2D eigenvalue weighted by Gasteiger charge is 1.60. The van der Waals surface area contributed by atoms with Gasteiger partial charge >= 0.3 is 6.03 Å². The Hall–Kier alpha value is -0.480. The lowest BCUT2D eigenvalue weighted by atomic mass is 11.2. The minimum Gasteiger partial charge on any atom is -0.352 e. The Morgan fingerprint density at radius 3 is 1.50 bits per heavy atom. The number of nitrogens with two attached hydrogens (primary N) is 2. The summed E-state index contributed by atoms with van der Waals surface area (Å²) in [5, 5.41) is 0. The van der Waals surface area contributed by atoms with Crippen molar-refractivity contribution in [2.24, 2.45) is 11.5 Å². The van der Waals surface area contributed by atoms with Crippen LogP contribution in [0.5, 0.6) is 0 Å². The normalized spacial score (nSPS) is 5.00. The van der Waals surface area contributed by atoms with Crippen molar-refractivity contribution < 1.29 is 9.45 Å². The average molecular weight is 113 g/mol. The van der Waals surface area contributed by atoms with Gasteiger partial charge in [0.2, 0.25) is 0 Å². The standard InChI is InChI=1S/CH4N2O.ClHO/c2-1(3)4;1-2/h(H4,2,3,4);2H. The molecule has 0 spiro atoms. The number of amides is 2. The first-order valence-electron chi connectivity index (χ1n) is 0.951. The molecule has 5 heteroatoms. The molecule has 0 aliphatic rings. The lowest BCUT2D eigenvalue weighted by Crippen LogP contribution is -2.18. The van der Waals surface area contributed by atoms with Crippen LogP contribution in [0.25, 0.3) is 0 Å². The summed E-state index contributed by atoms with van der Waals surface area (Å²) in [4.78, 5) is 9.00. The number of hydrogen-bond donors (Lipinski definition) is 3. The lowest BCUT2D eigenvalue weighted by molar-refractivity contribution is 0.256. The summed E-state index contributed by atoms with van der Waals surface area (Å²) in [5.41, 5.74) is 8.50. The van der Waals surface area contributed by atoms with Gasteiger partial charge in [0.05, 0.1) is 11.9 Å². The summed E-state index contributed by atoms with van der Waals surface area (Å²) in [5.74, 6) is 0. The second-order valence-corrected chi connectivity index (χ2v) is 0.402. The minimum atomic E-state index is -0.833. The smallest absolute Gasteiger partial charge is 0.309 e. The van der Waals surface area contributed by atoms with E-state index in [0.29, 0.717) is 0 Å². The second-order valence-electron chi connectivity index (χ2n) is 0.402. The molecule has 2 amide bonds. The molecule has 5 N–H and O–H groups in total. The van der Waals surface area contributed by atoms with Gasteiger partial charge in [-0.25, -0.2) is 4.79 Å². The molecular weight excluding hydrogens is 107 g/mol. The summed E-state index contributed by atoms with van der Waals surface area (Å²) in [6.07, 6.45) is 0. The van der Waals surface area contributed by atoms with E-state index < -0.39 is 6.03 Å². The molecule has 4 nitrogen and oxygen atoms in total. The Kier molecular flexibility index (Phi) is 13.4. The predicted molar refractivity (Wildman–Crippen MR) is 21.8 cm³/mol. The first-order valence-corrected chi connectivity index (χ1v) is 1.29. The highest BCUT2D eigenvalue weighted by Crippen LogP contribution is 1.31. The third-order valence-electron chi connectivity index (χ3n) is 0. The molecule has 0 aromatic heterocycles. The number of carbonyl (C=O) groups is 1. The van der Waals surface area contributed by atoms with Gasteiger partial charge in [-0.15, -0.1) is 0 Å². The third kappa shape index (κ3) is 97.0. The van der Waals surface area contributed by atoms with Gasteiger partial charge in [-0.3, -0.25) is 4.66 Å². The zero-order valence-electron chi connectivity index (χ0n) is 2.89. The topological polar surface area (TPSA) is 89.3 Å². The Morgan fingerprint density at radius 2 is 1.50 bits per heavy atom. The van der Waals surface area contributed by atoms with Crippen molar-refractivity contribution in [3.05, 3.63) is 0 Å². The summed E-state index contributed by atoms with van der Waals surface area (Å²) in [7, 11) is 0. The minimum absolute atomic E-state index is 0.833. The number of rotatable bonds is 0. The van der Waals surface area contributed by atoms with Crippen molar-refractivity contribution >= 4 is 17.9 Å². The number of primary amides is 2. The molecule has 0 fully saturated rings. The van der Waals surface area contributed by atoms with E-state index in [1.54, 1.807) is 0 Å². The van der Waals surface area contributed by atoms with E-state index in [1.165, 1.54) is 0 Å². The predicted octanol–water partition coefficient (Wildman–Crippen LogP) is -0.844. The highest BCUT2D eigenvalue weighted by atomic mass is 35.5. The first kappa shape index (κ1) is 9.10. The molecule has 6 heavy (non-hydrogen) atoms. The van der Waals surface area contributed by atoms with E-state index in [1.807, 2.05) is 0 Å². The van der Waals surface area contributed by atoms with Crippen LogP contribution in [0.1, 0.15) is 0 Å². The van der Waals surface area contributed by atoms with Gasteiger partial charge in [0.15, 0.2) is 0 Å². The Labute approximate surface area is 39.9 Å². The van der Waals surface area contributed by atoms with Gasteiger partial charge in [-0.2, -0.15) is 0 Å². The SMILES string of the molecule is NC(N)=O.OCl. The van der Waals surface area contributed by atoms with Crippen LogP contribution in [0, 0.1) is 0 Å². The van der Waals surface area contributed by atoms with Crippen LogP contribution >= 0.6 is 11.9 Å². The molecule has 0 radical (unpaired) electrons. The van der Waals surface area contributed by atoms with Crippen LogP contribution in [0.4, 0.5) is 4.79 Å². The fraction of sp³-hybridized carbons (Fsp3) is 0. The monoisotopic (exact) mass is 112 g/mol. The number of halogens is 1. The van der Waals surface area contributed by atoms with Crippen molar-refractivity contribution in [2.45, 2.75) is 0 Å². The second kappa shape index (κ2) is 8.82. The maximum atomic E-state index is 9.00. The van der Waals surface area contributed by atoms with Crippen molar-refractivity contribution in [3.8, 4) is 0 Å². The fourth-order valence-electron chi connectivity index (χ4n) is 0. The molecule has 38 valence electrons. The maximum absolute atomic E-state index is 9.00. The molecule has 0 atom stereocenters. The van der Waals surface area contributed by atoms with Gasteiger partial charge in [0, 0.05) is 0 Å². The number of urea groups is 1. The van der Waals surface area contributed by atoms with E-state index >= 15 is 0 Å². The largest absolute Gasteiger partial charge is 0.352 e. The van der Waals surface area contributed by atoms with Crippen molar-refractivity contribution in [1.82, 2.24) is 0 Å². The summed E-state index contributed by atoms with van der Waals surface area (Å²) in [6.45, 7) is 0. The van der Waals surface area contributed by atoms with Crippen LogP contribution in [0.15, 0.2) is 0 Å². The molecule has 0 saturated carbocycles. The number of hydrogen-bond acceptors (Lipinski definition) is 2. The van der Waals surface area contributed by atoms with Crippen LogP contribution < -0.4 is 11.5 Å². The third-order valence-corrected chi connectivity index (χ3v) is 0. The number of carbonyl (C=O) groups excluding carboxylic acids is 1. The van der Waals surface area contributed by atoms with E-state index in [9.17, 15) is 0 Å². The Balaban J connectivity index is 0. The molecule has 0 unspecified atom stereocenters. The van der Waals surface area contributed by atoms with E-state index in [4.69, 9.17) is 9.45 Å². The Bertz CT molecular complexity index is 34.5. The summed E-state index contributed by atoms with van der Waals surface area (Å²) in [6, 6.07) is -0.833. The van der Waals surface area contributed by atoms with E-state index in [2.05, 4.69) is 23.3 Å². The molecule has 0 bridgehead atoms. The fourth-order valence-corrected chi connectivity index (χ4v) is 0. The van der Waals surface area contributed by atoms with Crippen molar-refractivity contribution in [1.29, 1.82) is 0 Å². The van der Waals surface area contributed by atoms with E-state index in [0.717, 1.165) is 0 Å². The molecule has 0 aromatic rings. The summed E-state index contributed by atoms with van der Waals surface area (Å²) < 4.78 is 6.47. The molecular formula is CH5ClN2O2. The van der Waals surface area contributed by atoms with E-state index in [-0.39, 0.29) is 0 Å². The highest BCUT2D eigenvalue weighted by molar-refractivity contribution is 6.04. The van der Waals surface area contributed by atoms with Gasteiger partial charge in [0.1, 0.15) is 0 Å². The van der Waals surface area contributed by atoms with Crippen LogP contribution in [-0.4, -0.2) is 10.7 Å². The molecule has 0 heterocycles. The quantitative estimate of drug-likeness (QED) is 0.381. The maximum Gasteiger partial charge on any atom is 0.309 e. The van der Waals surface area contributed by atoms with Crippen LogP contribution in [-0.2, 0) is 0 Å². The molecule has 0 rings (SSSR count). The van der Waals surface area contributed by atoms with Gasteiger partial charge in [-0.05, 0) is 0 Å². The first-order chi connectivity index (χ1) is 2.73. The molecule has 0 aromatic carbocycles. The molecule has 0 aliphatic heterocycles.